The van der Waals surface area contributed by atoms with Crippen LogP contribution < -0.4 is 5.32 Å². The Balaban J connectivity index is 3.94. The summed E-state index contributed by atoms with van der Waals surface area (Å²) < 4.78 is 21.9. The smallest absolute Gasteiger partial charge is 0.153 e. The van der Waals surface area contributed by atoms with Crippen LogP contribution in [-0.4, -0.2) is 32.5 Å². The van der Waals surface area contributed by atoms with E-state index in [9.17, 15) is 8.42 Å². The standard InChI is InChI=1S/C10H19NO2S/c1-5-6-7-8-11-9-10(2,3)14(4,12)13/h11H,7-9H2,1-4H3. The van der Waals surface area contributed by atoms with Crippen molar-refractivity contribution >= 4 is 9.84 Å². The molecule has 0 heterocycles. The number of nitrogens with one attached hydrogen (secondary N) is 1. The van der Waals surface area contributed by atoms with Gasteiger partial charge in [-0.3, -0.25) is 0 Å². The van der Waals surface area contributed by atoms with Crippen LogP contribution in [0.25, 0.3) is 0 Å². The lowest BCUT2D eigenvalue weighted by atomic mass is 10.2. The topological polar surface area (TPSA) is 46.2 Å². The van der Waals surface area contributed by atoms with Crippen LogP contribution >= 0.6 is 0 Å². The largest absolute Gasteiger partial charge is 0.314 e. The Morgan fingerprint density at radius 1 is 1.36 bits per heavy atom. The average Bonchev–Trinajstić information content (AvgIpc) is 2.02. The van der Waals surface area contributed by atoms with E-state index in [1.165, 1.54) is 6.26 Å². The van der Waals surface area contributed by atoms with E-state index < -0.39 is 14.6 Å². The zero-order chi connectivity index (χ0) is 11.2. The zero-order valence-electron chi connectivity index (χ0n) is 9.35. The number of hydrogen-bond acceptors (Lipinski definition) is 3. The molecular formula is C10H19NO2S. The summed E-state index contributed by atoms with van der Waals surface area (Å²) in [5.41, 5.74) is 0. The minimum absolute atomic E-state index is 0.469. The third kappa shape index (κ3) is 4.64. The maximum atomic E-state index is 11.3. The van der Waals surface area contributed by atoms with Gasteiger partial charge in [0.2, 0.25) is 0 Å². The molecule has 0 aliphatic heterocycles. The number of hydrogen-bond donors (Lipinski definition) is 1. The highest BCUT2D eigenvalue weighted by molar-refractivity contribution is 7.92. The first-order valence-corrected chi connectivity index (χ1v) is 6.50. The molecule has 3 nitrogen and oxygen atoms in total. The van der Waals surface area contributed by atoms with E-state index in [0.717, 1.165) is 13.0 Å². The molecule has 0 radical (unpaired) electrons. The van der Waals surface area contributed by atoms with Crippen molar-refractivity contribution in [3.05, 3.63) is 0 Å². The lowest BCUT2D eigenvalue weighted by Crippen LogP contribution is -2.41. The van der Waals surface area contributed by atoms with Gasteiger partial charge in [0.25, 0.3) is 0 Å². The molecule has 0 aromatic rings. The van der Waals surface area contributed by atoms with Crippen molar-refractivity contribution in [2.45, 2.75) is 31.9 Å². The Morgan fingerprint density at radius 3 is 2.36 bits per heavy atom. The van der Waals surface area contributed by atoms with Gasteiger partial charge in [-0.05, 0) is 20.8 Å². The van der Waals surface area contributed by atoms with Gasteiger partial charge in [-0.25, -0.2) is 8.42 Å². The van der Waals surface area contributed by atoms with Gasteiger partial charge in [0.1, 0.15) is 0 Å². The molecule has 0 fully saturated rings. The van der Waals surface area contributed by atoms with Gasteiger partial charge in [0.05, 0.1) is 4.75 Å². The summed E-state index contributed by atoms with van der Waals surface area (Å²) in [6, 6.07) is 0. The van der Waals surface area contributed by atoms with Crippen molar-refractivity contribution in [1.82, 2.24) is 5.32 Å². The molecule has 0 aliphatic carbocycles. The van der Waals surface area contributed by atoms with Crippen molar-refractivity contribution in [1.29, 1.82) is 0 Å². The van der Waals surface area contributed by atoms with Gasteiger partial charge in [0.15, 0.2) is 9.84 Å². The van der Waals surface area contributed by atoms with E-state index in [0.29, 0.717) is 6.54 Å². The Hall–Kier alpha value is -0.530. The highest BCUT2D eigenvalue weighted by Gasteiger charge is 2.29. The summed E-state index contributed by atoms with van der Waals surface area (Å²) in [5, 5.41) is 3.09. The van der Waals surface area contributed by atoms with Crippen molar-refractivity contribution in [2.24, 2.45) is 0 Å². The third-order valence-electron chi connectivity index (χ3n) is 2.16. The quantitative estimate of drug-likeness (QED) is 0.547. The molecular weight excluding hydrogens is 198 g/mol. The summed E-state index contributed by atoms with van der Waals surface area (Å²) in [7, 11) is -2.99. The molecule has 0 aliphatic rings. The lowest BCUT2D eigenvalue weighted by molar-refractivity contribution is 0.524. The predicted molar refractivity (Wildman–Crippen MR) is 59.9 cm³/mol. The van der Waals surface area contributed by atoms with Crippen LogP contribution in [0.4, 0.5) is 0 Å². The summed E-state index contributed by atoms with van der Waals surface area (Å²) in [4.78, 5) is 0. The van der Waals surface area contributed by atoms with Crippen molar-refractivity contribution in [3.63, 3.8) is 0 Å². The van der Waals surface area contributed by atoms with Gasteiger partial charge in [-0.15, -0.1) is 11.8 Å². The average molecular weight is 217 g/mol. The second-order valence-electron chi connectivity index (χ2n) is 3.89. The normalized spacial score (nSPS) is 12.0. The first-order chi connectivity index (χ1) is 6.31. The van der Waals surface area contributed by atoms with Gasteiger partial charge < -0.3 is 5.32 Å². The van der Waals surface area contributed by atoms with Crippen LogP contribution in [-0.2, 0) is 9.84 Å². The fourth-order valence-electron chi connectivity index (χ4n) is 0.796. The second kappa shape index (κ2) is 5.38. The minimum Gasteiger partial charge on any atom is -0.314 e. The molecule has 0 bridgehead atoms. The highest BCUT2D eigenvalue weighted by atomic mass is 32.2. The van der Waals surface area contributed by atoms with E-state index >= 15 is 0 Å². The second-order valence-corrected chi connectivity index (χ2v) is 6.53. The van der Waals surface area contributed by atoms with E-state index in [1.54, 1.807) is 20.8 Å². The summed E-state index contributed by atoms with van der Waals surface area (Å²) in [5.74, 6) is 5.70. The van der Waals surface area contributed by atoms with Gasteiger partial charge in [0, 0.05) is 25.8 Å². The number of rotatable bonds is 5. The molecule has 0 amide bonds. The predicted octanol–water partition coefficient (Wildman–Crippen LogP) is 0.813. The van der Waals surface area contributed by atoms with Crippen LogP contribution in [0.2, 0.25) is 0 Å². The summed E-state index contributed by atoms with van der Waals surface area (Å²) in [6.45, 7) is 6.44. The first-order valence-electron chi connectivity index (χ1n) is 4.61. The first kappa shape index (κ1) is 13.5. The molecule has 0 unspecified atom stereocenters. The molecule has 0 aromatic heterocycles. The van der Waals surface area contributed by atoms with E-state index in [2.05, 4.69) is 17.2 Å². The molecule has 14 heavy (non-hydrogen) atoms. The Bertz CT molecular complexity index is 320. The fraction of sp³-hybridized carbons (Fsp3) is 0.800. The molecule has 0 rings (SSSR count). The number of sulfone groups is 1. The molecule has 4 heteroatoms. The third-order valence-corrected chi connectivity index (χ3v) is 4.31. The molecule has 0 spiro atoms. The molecule has 82 valence electrons. The summed E-state index contributed by atoms with van der Waals surface area (Å²) in [6.07, 6.45) is 2.02. The van der Waals surface area contributed by atoms with Gasteiger partial charge >= 0.3 is 0 Å². The van der Waals surface area contributed by atoms with Crippen molar-refractivity contribution < 1.29 is 8.42 Å². The van der Waals surface area contributed by atoms with E-state index in [-0.39, 0.29) is 0 Å². The molecule has 0 aromatic carbocycles. The fourth-order valence-corrected chi connectivity index (χ4v) is 1.16. The molecule has 0 saturated heterocycles. The Labute approximate surface area is 87.2 Å². The monoisotopic (exact) mass is 217 g/mol. The zero-order valence-corrected chi connectivity index (χ0v) is 10.2. The van der Waals surface area contributed by atoms with Gasteiger partial charge in [-0.1, -0.05) is 0 Å². The van der Waals surface area contributed by atoms with Crippen LogP contribution in [0, 0.1) is 11.8 Å². The van der Waals surface area contributed by atoms with E-state index in [1.807, 2.05) is 0 Å². The molecule has 0 atom stereocenters. The maximum Gasteiger partial charge on any atom is 0.153 e. The van der Waals surface area contributed by atoms with Crippen molar-refractivity contribution in [2.75, 3.05) is 19.3 Å². The maximum absolute atomic E-state index is 11.3. The van der Waals surface area contributed by atoms with Gasteiger partial charge in [-0.2, -0.15) is 0 Å². The minimum atomic E-state index is -2.99. The van der Waals surface area contributed by atoms with Crippen LogP contribution in [0.1, 0.15) is 27.2 Å². The van der Waals surface area contributed by atoms with Crippen LogP contribution in [0.15, 0.2) is 0 Å². The lowest BCUT2D eigenvalue weighted by Gasteiger charge is -2.22. The van der Waals surface area contributed by atoms with Crippen molar-refractivity contribution in [3.8, 4) is 11.8 Å². The Morgan fingerprint density at radius 2 is 1.93 bits per heavy atom. The Kier molecular flexibility index (Phi) is 5.17. The SMILES string of the molecule is CC#CCCNCC(C)(C)S(C)(=O)=O. The molecule has 1 N–H and O–H groups in total. The van der Waals surface area contributed by atoms with E-state index in [4.69, 9.17) is 0 Å². The highest BCUT2D eigenvalue weighted by Crippen LogP contribution is 2.12. The van der Waals surface area contributed by atoms with Crippen LogP contribution in [0.3, 0.4) is 0 Å². The summed E-state index contributed by atoms with van der Waals surface area (Å²) >= 11 is 0. The molecule has 0 saturated carbocycles. The van der Waals surface area contributed by atoms with Crippen LogP contribution in [0.5, 0.6) is 0 Å².